The summed E-state index contributed by atoms with van der Waals surface area (Å²) in [6, 6.07) is 0. The molecule has 0 aromatic rings. The minimum atomic E-state index is -2.20. The van der Waals surface area contributed by atoms with E-state index in [-0.39, 0.29) is 49.8 Å². The van der Waals surface area contributed by atoms with Gasteiger partial charge in [-0.05, 0) is 43.8 Å². The third-order valence-corrected chi connectivity index (χ3v) is 10.4. The van der Waals surface area contributed by atoms with Gasteiger partial charge in [-0.25, -0.2) is 4.79 Å². The molecule has 4 heterocycles. The van der Waals surface area contributed by atoms with Crippen LogP contribution in [0.2, 0.25) is 0 Å². The Bertz CT molecular complexity index is 1270. The Labute approximate surface area is 309 Å². The summed E-state index contributed by atoms with van der Waals surface area (Å²) >= 11 is 0. The number of hydrogen-bond acceptors (Lipinski definition) is 12. The molecule has 0 radical (unpaired) electrons. The average Bonchev–Trinajstić information content (AvgIpc) is 3.07. The van der Waals surface area contributed by atoms with Crippen molar-refractivity contribution in [1.29, 1.82) is 0 Å². The van der Waals surface area contributed by atoms with Gasteiger partial charge in [0, 0.05) is 43.6 Å². The number of carbonyl (C=O) groups is 2. The van der Waals surface area contributed by atoms with Crippen LogP contribution >= 0.6 is 0 Å². The molecule has 3 fully saturated rings. The monoisotopic (exact) mass is 734 g/mol. The van der Waals surface area contributed by atoms with Gasteiger partial charge in [0.25, 0.3) is 0 Å². The van der Waals surface area contributed by atoms with Crippen molar-refractivity contribution in [1.82, 2.24) is 0 Å². The molecular formula is C40H62O12. The van der Waals surface area contributed by atoms with Crippen molar-refractivity contribution >= 4 is 11.9 Å². The standard InChI is InChI=1S/C40H62O12/c1-7-8-9-10-11-12-35(43)51-38-28(21-36(44)46-6)20-33-24-34(25-41)48-27(3)19-29(42)22-31-17-26(2)18-32(49-31)23-30-14-16-47-37(50-30)13-15-39(4,5)40(38,45)52-33/h13,15,21,29-34,37-38,41-42,45H,2-3,7-12,14,16-20,22-25H2,1,4-6H3/b15-13+,28-21+/t29-,30-,31-,32+,33-,34+,37-,38-,40+/m0/s1. The maximum absolute atomic E-state index is 13.3. The highest BCUT2D eigenvalue weighted by atomic mass is 16.7. The van der Waals surface area contributed by atoms with Gasteiger partial charge in [0.05, 0.1) is 56.6 Å². The van der Waals surface area contributed by atoms with Crippen molar-refractivity contribution in [3.05, 3.63) is 48.3 Å². The van der Waals surface area contributed by atoms with Gasteiger partial charge in [-0.15, -0.1) is 0 Å². The highest BCUT2D eigenvalue weighted by Gasteiger charge is 2.57. The number of hydrogen-bond donors (Lipinski definition) is 3. The largest absolute Gasteiger partial charge is 0.493 e. The lowest BCUT2D eigenvalue weighted by atomic mass is 9.74. The van der Waals surface area contributed by atoms with E-state index in [0.29, 0.717) is 50.7 Å². The molecule has 6 bridgehead atoms. The van der Waals surface area contributed by atoms with E-state index in [1.807, 2.05) is 0 Å². The Kier molecular flexibility index (Phi) is 15.9. The van der Waals surface area contributed by atoms with Gasteiger partial charge in [-0.3, -0.25) is 4.79 Å². The van der Waals surface area contributed by atoms with Crippen LogP contribution in [0.25, 0.3) is 0 Å². The minimum Gasteiger partial charge on any atom is -0.493 e. The lowest BCUT2D eigenvalue weighted by Gasteiger charge is -2.51. The molecule has 52 heavy (non-hydrogen) atoms. The molecule has 0 aliphatic carbocycles. The van der Waals surface area contributed by atoms with Gasteiger partial charge >= 0.3 is 11.9 Å². The molecule has 4 aliphatic heterocycles. The minimum absolute atomic E-state index is 0.0706. The van der Waals surface area contributed by atoms with E-state index in [1.54, 1.807) is 26.0 Å². The van der Waals surface area contributed by atoms with E-state index in [4.69, 9.17) is 33.2 Å². The summed E-state index contributed by atoms with van der Waals surface area (Å²) in [5.41, 5.74) is 0.106. The zero-order valence-electron chi connectivity index (χ0n) is 31.6. The molecule has 4 aliphatic rings. The number of unbranched alkanes of at least 4 members (excludes halogenated alkanes) is 4. The zero-order chi connectivity index (χ0) is 37.9. The number of ether oxygens (including phenoxy) is 7. The van der Waals surface area contributed by atoms with Gasteiger partial charge in [0.2, 0.25) is 5.79 Å². The fourth-order valence-electron chi connectivity index (χ4n) is 7.54. The molecule has 12 heteroatoms. The van der Waals surface area contributed by atoms with Crippen LogP contribution in [0.3, 0.4) is 0 Å². The van der Waals surface area contributed by atoms with Crippen LogP contribution in [-0.2, 0) is 42.7 Å². The third kappa shape index (κ3) is 12.0. The lowest BCUT2D eigenvalue weighted by Crippen LogP contribution is -2.62. The number of carbonyl (C=O) groups excluding carboxylic acids is 2. The SMILES string of the molecule is C=C1C[C@@H]2C[C@@H]3CCO[C@H](/C=C/C(C)(C)[C@]4(O)O[C@@H](C/C(=C\C(=O)OC)[C@@H]4OC(=O)CCCCCCC)C[C@H](CO)OC(=C)C[C@H](O)C[C@H](C1)O2)O3. The van der Waals surface area contributed by atoms with Gasteiger partial charge in [0.1, 0.15) is 6.10 Å². The summed E-state index contributed by atoms with van der Waals surface area (Å²) in [5.74, 6) is -3.13. The van der Waals surface area contributed by atoms with Crippen LogP contribution in [0.1, 0.15) is 111 Å². The predicted octanol–water partition coefficient (Wildman–Crippen LogP) is 5.48. The second kappa shape index (κ2) is 19.7. The van der Waals surface area contributed by atoms with Crippen LogP contribution in [-0.4, -0.2) is 102 Å². The van der Waals surface area contributed by atoms with Crippen LogP contribution in [0.5, 0.6) is 0 Å². The molecule has 294 valence electrons. The fraction of sp³-hybridized carbons (Fsp3) is 0.750. The molecular weight excluding hydrogens is 672 g/mol. The first-order valence-corrected chi connectivity index (χ1v) is 19.0. The Hall–Kier alpha value is -2.58. The molecule has 3 saturated heterocycles. The number of esters is 2. The summed E-state index contributed by atoms with van der Waals surface area (Å²) < 4.78 is 42.2. The Morgan fingerprint density at radius 2 is 1.71 bits per heavy atom. The van der Waals surface area contributed by atoms with E-state index >= 15 is 0 Å². The topological polar surface area (TPSA) is 159 Å². The fourth-order valence-corrected chi connectivity index (χ4v) is 7.54. The van der Waals surface area contributed by atoms with Gasteiger partial charge in [-0.1, -0.05) is 71.3 Å². The number of methoxy groups -OCH3 is 1. The average molecular weight is 735 g/mol. The maximum Gasteiger partial charge on any atom is 0.330 e. The van der Waals surface area contributed by atoms with Gasteiger partial charge < -0.3 is 48.5 Å². The van der Waals surface area contributed by atoms with Crippen molar-refractivity contribution < 1.29 is 58.1 Å². The van der Waals surface area contributed by atoms with E-state index < -0.39 is 60.5 Å². The zero-order valence-corrected chi connectivity index (χ0v) is 31.6. The van der Waals surface area contributed by atoms with Crippen molar-refractivity contribution in [2.24, 2.45) is 5.41 Å². The number of aliphatic hydroxyl groups excluding tert-OH is 2. The molecule has 0 spiro atoms. The number of aliphatic hydroxyl groups is 3. The normalized spacial score (nSPS) is 35.9. The van der Waals surface area contributed by atoms with Gasteiger partial charge in [0.15, 0.2) is 12.4 Å². The summed E-state index contributed by atoms with van der Waals surface area (Å²) in [7, 11) is 1.24. The molecule has 0 aromatic heterocycles. The summed E-state index contributed by atoms with van der Waals surface area (Å²) in [6.07, 6.45) is 7.64. The van der Waals surface area contributed by atoms with Crippen LogP contribution in [0.4, 0.5) is 0 Å². The van der Waals surface area contributed by atoms with E-state index in [9.17, 15) is 24.9 Å². The molecule has 0 amide bonds. The molecule has 0 aromatic carbocycles. The van der Waals surface area contributed by atoms with Crippen molar-refractivity contribution in [2.75, 3.05) is 20.3 Å². The quantitative estimate of drug-likeness (QED) is 0.119. The highest BCUT2D eigenvalue weighted by molar-refractivity contribution is 5.83. The Morgan fingerprint density at radius 1 is 0.981 bits per heavy atom. The third-order valence-electron chi connectivity index (χ3n) is 10.4. The molecule has 12 nitrogen and oxygen atoms in total. The molecule has 9 atom stereocenters. The second-order valence-corrected chi connectivity index (χ2v) is 15.3. The predicted molar refractivity (Wildman–Crippen MR) is 193 cm³/mol. The van der Waals surface area contributed by atoms with E-state index in [2.05, 4.69) is 20.1 Å². The summed E-state index contributed by atoms with van der Waals surface area (Å²) in [5, 5.41) is 34.0. The van der Waals surface area contributed by atoms with Crippen molar-refractivity contribution in [2.45, 2.75) is 165 Å². The first kappa shape index (κ1) is 42.2. The van der Waals surface area contributed by atoms with Crippen molar-refractivity contribution in [3.63, 3.8) is 0 Å². The van der Waals surface area contributed by atoms with Crippen LogP contribution in [0, 0.1) is 5.41 Å². The second-order valence-electron chi connectivity index (χ2n) is 15.3. The van der Waals surface area contributed by atoms with Gasteiger partial charge in [-0.2, -0.15) is 0 Å². The lowest BCUT2D eigenvalue weighted by molar-refractivity contribution is -0.327. The Balaban J connectivity index is 1.69. The smallest absolute Gasteiger partial charge is 0.330 e. The molecule has 0 saturated carbocycles. The Morgan fingerprint density at radius 3 is 2.42 bits per heavy atom. The van der Waals surface area contributed by atoms with Crippen molar-refractivity contribution in [3.8, 4) is 0 Å². The first-order valence-electron chi connectivity index (χ1n) is 19.0. The number of rotatable bonds is 9. The first-order chi connectivity index (χ1) is 24.7. The van der Waals surface area contributed by atoms with E-state index in [1.165, 1.54) is 13.2 Å². The highest BCUT2D eigenvalue weighted by Crippen LogP contribution is 2.47. The summed E-state index contributed by atoms with van der Waals surface area (Å²) in [4.78, 5) is 26.0. The summed E-state index contributed by atoms with van der Waals surface area (Å²) in [6.45, 7) is 13.9. The maximum atomic E-state index is 13.3. The van der Waals surface area contributed by atoms with E-state index in [0.717, 1.165) is 31.3 Å². The molecule has 0 unspecified atom stereocenters. The van der Waals surface area contributed by atoms with Crippen LogP contribution < -0.4 is 0 Å². The van der Waals surface area contributed by atoms with Crippen LogP contribution in [0.15, 0.2) is 48.3 Å². The number of fused-ring (bicyclic) bond motifs is 6. The molecule has 4 rings (SSSR count). The molecule has 3 N–H and O–H groups in total.